The molecule has 1 unspecified atom stereocenters. The van der Waals surface area contributed by atoms with Gasteiger partial charge in [-0.3, -0.25) is 4.98 Å². The second kappa shape index (κ2) is 5.75. The van der Waals surface area contributed by atoms with Gasteiger partial charge < -0.3 is 9.57 Å². The Morgan fingerprint density at radius 3 is 2.76 bits per heavy atom. The summed E-state index contributed by atoms with van der Waals surface area (Å²) < 4.78 is 4.80. The highest BCUT2D eigenvalue weighted by atomic mass is 16.6. The molecule has 0 fully saturated rings. The van der Waals surface area contributed by atoms with E-state index in [0.29, 0.717) is 12.0 Å². The van der Waals surface area contributed by atoms with Crippen LogP contribution in [0.2, 0.25) is 0 Å². The Balaban J connectivity index is 1.85. The largest absolute Gasteiger partial charge is 0.465 e. The number of hydrogen-bond acceptors (Lipinski definition) is 5. The van der Waals surface area contributed by atoms with Crippen molar-refractivity contribution in [2.45, 2.75) is 12.5 Å². The van der Waals surface area contributed by atoms with Gasteiger partial charge in [0.05, 0.1) is 18.4 Å². The standard InChI is InChI=1S/C16H14N2O3/c1-20-16(19)13-5-3-2-4-12(13)14-10-15(21-18-14)11-6-8-17-9-7-11/h2-9,15H,10H2,1H3. The maximum absolute atomic E-state index is 11.8. The monoisotopic (exact) mass is 282 g/mol. The topological polar surface area (TPSA) is 60.8 Å². The van der Waals surface area contributed by atoms with Gasteiger partial charge in [0.2, 0.25) is 0 Å². The molecule has 5 heteroatoms. The predicted molar refractivity (Wildman–Crippen MR) is 77.0 cm³/mol. The number of esters is 1. The zero-order valence-corrected chi connectivity index (χ0v) is 11.5. The minimum Gasteiger partial charge on any atom is -0.465 e. The number of aromatic nitrogens is 1. The SMILES string of the molecule is COC(=O)c1ccccc1C1=NOC(c2ccncc2)C1. The van der Waals surface area contributed by atoms with Crippen molar-refractivity contribution in [2.24, 2.45) is 5.16 Å². The van der Waals surface area contributed by atoms with E-state index in [0.717, 1.165) is 16.8 Å². The van der Waals surface area contributed by atoms with Crippen LogP contribution in [0.1, 0.15) is 34.0 Å². The first kappa shape index (κ1) is 13.3. The zero-order chi connectivity index (χ0) is 14.7. The maximum atomic E-state index is 11.8. The first-order valence-corrected chi connectivity index (χ1v) is 6.60. The third-order valence-electron chi connectivity index (χ3n) is 3.39. The van der Waals surface area contributed by atoms with Crippen molar-refractivity contribution in [3.63, 3.8) is 0 Å². The second-order valence-electron chi connectivity index (χ2n) is 4.65. The number of methoxy groups -OCH3 is 1. The van der Waals surface area contributed by atoms with E-state index in [2.05, 4.69) is 10.1 Å². The molecule has 0 saturated carbocycles. The highest BCUT2D eigenvalue weighted by Gasteiger charge is 2.26. The molecule has 0 saturated heterocycles. The highest BCUT2D eigenvalue weighted by Crippen LogP contribution is 2.30. The van der Waals surface area contributed by atoms with E-state index >= 15 is 0 Å². The molecule has 2 aromatic rings. The van der Waals surface area contributed by atoms with Gasteiger partial charge in [0.15, 0.2) is 6.10 Å². The van der Waals surface area contributed by atoms with Crippen LogP contribution in [0.5, 0.6) is 0 Å². The molecule has 0 bridgehead atoms. The van der Waals surface area contributed by atoms with Crippen LogP contribution >= 0.6 is 0 Å². The summed E-state index contributed by atoms with van der Waals surface area (Å²) in [6, 6.07) is 11.0. The molecule has 5 nitrogen and oxygen atoms in total. The van der Waals surface area contributed by atoms with E-state index in [1.165, 1.54) is 7.11 Å². The number of pyridine rings is 1. The number of nitrogens with zero attached hydrogens (tertiary/aromatic N) is 2. The van der Waals surface area contributed by atoms with Crippen molar-refractivity contribution in [3.8, 4) is 0 Å². The maximum Gasteiger partial charge on any atom is 0.338 e. The van der Waals surface area contributed by atoms with Crippen LogP contribution in [0, 0.1) is 0 Å². The Morgan fingerprint density at radius 1 is 1.24 bits per heavy atom. The van der Waals surface area contributed by atoms with Gasteiger partial charge in [0.25, 0.3) is 0 Å². The summed E-state index contributed by atoms with van der Waals surface area (Å²) in [6.07, 6.45) is 3.91. The minimum absolute atomic E-state index is 0.145. The lowest BCUT2D eigenvalue weighted by Crippen LogP contribution is -2.10. The van der Waals surface area contributed by atoms with Crippen LogP contribution < -0.4 is 0 Å². The first-order chi connectivity index (χ1) is 10.3. The molecule has 21 heavy (non-hydrogen) atoms. The Bertz CT molecular complexity index is 683. The van der Waals surface area contributed by atoms with Crippen LogP contribution in [0.15, 0.2) is 53.9 Å². The highest BCUT2D eigenvalue weighted by molar-refractivity contribution is 6.09. The number of oxime groups is 1. The van der Waals surface area contributed by atoms with E-state index in [-0.39, 0.29) is 12.1 Å². The fourth-order valence-corrected chi connectivity index (χ4v) is 2.32. The molecule has 1 atom stereocenters. The van der Waals surface area contributed by atoms with Crippen molar-refractivity contribution in [2.75, 3.05) is 7.11 Å². The van der Waals surface area contributed by atoms with Gasteiger partial charge in [-0.25, -0.2) is 4.79 Å². The summed E-state index contributed by atoms with van der Waals surface area (Å²) in [4.78, 5) is 21.3. The predicted octanol–water partition coefficient (Wildman–Crippen LogP) is 2.73. The quantitative estimate of drug-likeness (QED) is 0.812. The molecule has 1 aliphatic rings. The molecule has 2 heterocycles. The van der Waals surface area contributed by atoms with Crippen molar-refractivity contribution in [3.05, 3.63) is 65.5 Å². The van der Waals surface area contributed by atoms with Gasteiger partial charge in [-0.1, -0.05) is 23.4 Å². The number of ether oxygens (including phenoxy) is 1. The summed E-state index contributed by atoms with van der Waals surface area (Å²) >= 11 is 0. The van der Waals surface area contributed by atoms with E-state index in [9.17, 15) is 4.79 Å². The smallest absolute Gasteiger partial charge is 0.338 e. The molecule has 1 aliphatic heterocycles. The molecular weight excluding hydrogens is 268 g/mol. The third kappa shape index (κ3) is 2.63. The summed E-state index contributed by atoms with van der Waals surface area (Å²) in [5, 5.41) is 4.13. The Morgan fingerprint density at radius 2 is 2.00 bits per heavy atom. The van der Waals surface area contributed by atoms with E-state index in [1.54, 1.807) is 24.5 Å². The first-order valence-electron chi connectivity index (χ1n) is 6.60. The lowest BCUT2D eigenvalue weighted by atomic mass is 9.97. The number of hydrogen-bond donors (Lipinski definition) is 0. The Hall–Kier alpha value is -2.69. The van der Waals surface area contributed by atoms with Crippen LogP contribution in [0.4, 0.5) is 0 Å². The average molecular weight is 282 g/mol. The number of benzene rings is 1. The lowest BCUT2D eigenvalue weighted by molar-refractivity contribution is 0.0600. The molecule has 0 amide bonds. The molecule has 0 spiro atoms. The second-order valence-corrected chi connectivity index (χ2v) is 4.65. The van der Waals surface area contributed by atoms with Gasteiger partial charge in [-0.2, -0.15) is 0 Å². The van der Waals surface area contributed by atoms with Gasteiger partial charge in [0, 0.05) is 24.4 Å². The molecule has 0 radical (unpaired) electrons. The van der Waals surface area contributed by atoms with Gasteiger partial charge >= 0.3 is 5.97 Å². The number of carbonyl (C=O) groups is 1. The van der Waals surface area contributed by atoms with E-state index in [4.69, 9.17) is 9.57 Å². The summed E-state index contributed by atoms with van der Waals surface area (Å²) in [5.74, 6) is -0.374. The Kier molecular flexibility index (Phi) is 3.64. The zero-order valence-electron chi connectivity index (χ0n) is 11.5. The van der Waals surface area contributed by atoms with Gasteiger partial charge in [-0.05, 0) is 23.8 Å². The van der Waals surface area contributed by atoms with Gasteiger partial charge in [-0.15, -0.1) is 0 Å². The van der Waals surface area contributed by atoms with Crippen LogP contribution in [-0.2, 0) is 9.57 Å². The van der Waals surface area contributed by atoms with E-state index in [1.807, 2.05) is 24.3 Å². The van der Waals surface area contributed by atoms with E-state index < -0.39 is 0 Å². The summed E-state index contributed by atoms with van der Waals surface area (Å²) in [5.41, 5.74) is 3.01. The van der Waals surface area contributed by atoms with Crippen LogP contribution in [-0.4, -0.2) is 23.8 Å². The fourth-order valence-electron chi connectivity index (χ4n) is 2.32. The Labute approximate surface area is 122 Å². The molecule has 106 valence electrons. The summed E-state index contributed by atoms with van der Waals surface area (Å²) in [6.45, 7) is 0. The summed E-state index contributed by atoms with van der Waals surface area (Å²) in [7, 11) is 1.37. The van der Waals surface area contributed by atoms with Crippen molar-refractivity contribution in [1.29, 1.82) is 0 Å². The molecular formula is C16H14N2O3. The molecule has 1 aromatic carbocycles. The van der Waals surface area contributed by atoms with Crippen LogP contribution in [0.25, 0.3) is 0 Å². The van der Waals surface area contributed by atoms with Crippen LogP contribution in [0.3, 0.4) is 0 Å². The van der Waals surface area contributed by atoms with Crippen molar-refractivity contribution < 1.29 is 14.4 Å². The minimum atomic E-state index is -0.374. The number of rotatable bonds is 3. The average Bonchev–Trinajstić information content (AvgIpc) is 3.05. The fraction of sp³-hybridized carbons (Fsp3) is 0.188. The van der Waals surface area contributed by atoms with Crippen molar-refractivity contribution >= 4 is 11.7 Å². The van der Waals surface area contributed by atoms with Gasteiger partial charge in [0.1, 0.15) is 0 Å². The molecule has 3 rings (SSSR count). The molecule has 0 N–H and O–H groups in total. The normalized spacial score (nSPS) is 17.0. The molecule has 1 aromatic heterocycles. The van der Waals surface area contributed by atoms with Crippen molar-refractivity contribution in [1.82, 2.24) is 4.98 Å². The lowest BCUT2D eigenvalue weighted by Gasteiger charge is -2.08. The number of carbonyl (C=O) groups excluding carboxylic acids is 1. The third-order valence-corrected chi connectivity index (χ3v) is 3.39. The molecule has 0 aliphatic carbocycles.